The molecule has 0 radical (unpaired) electrons. The van der Waals surface area contributed by atoms with Crippen LogP contribution in [-0.2, 0) is 11.3 Å². The minimum atomic E-state index is -0.0225. The number of carbonyl (C=O) groups excluding carboxylic acids is 1. The summed E-state index contributed by atoms with van der Waals surface area (Å²) >= 11 is 0. The average Bonchev–Trinajstić information content (AvgIpc) is 2.78. The van der Waals surface area contributed by atoms with Crippen LogP contribution in [0, 0.1) is 12.8 Å². The van der Waals surface area contributed by atoms with Crippen molar-refractivity contribution in [1.82, 2.24) is 15.5 Å². The van der Waals surface area contributed by atoms with Crippen molar-refractivity contribution >= 4 is 11.7 Å². The molecule has 0 unspecified atom stereocenters. The molecule has 2 heterocycles. The lowest BCUT2D eigenvalue weighted by molar-refractivity contribution is -0.125. The summed E-state index contributed by atoms with van der Waals surface area (Å²) in [6, 6.07) is 22.3. The maximum absolute atomic E-state index is 12.6. The van der Waals surface area contributed by atoms with Crippen LogP contribution in [0.5, 0.6) is 0 Å². The van der Waals surface area contributed by atoms with Gasteiger partial charge in [-0.2, -0.15) is 0 Å². The van der Waals surface area contributed by atoms with Crippen molar-refractivity contribution in [3.05, 3.63) is 77.9 Å². The van der Waals surface area contributed by atoms with Crippen LogP contribution in [0.1, 0.15) is 24.0 Å². The first-order chi connectivity index (χ1) is 14.2. The Morgan fingerprint density at radius 3 is 2.69 bits per heavy atom. The lowest BCUT2D eigenvalue weighted by atomic mass is 9.97. The molecule has 1 amide bonds. The Morgan fingerprint density at radius 2 is 1.93 bits per heavy atom. The molecule has 1 aromatic heterocycles. The summed E-state index contributed by atoms with van der Waals surface area (Å²) in [5.74, 6) is 0.926. The lowest BCUT2D eigenvalue weighted by Gasteiger charge is -2.32. The van der Waals surface area contributed by atoms with E-state index < -0.39 is 0 Å². The molecule has 1 aliphatic rings. The number of aryl methyl sites for hydroxylation is 1. The monoisotopic (exact) mass is 386 g/mol. The Kier molecular flexibility index (Phi) is 5.84. The molecule has 1 fully saturated rings. The molecule has 4 rings (SSSR count). The Morgan fingerprint density at radius 1 is 1.07 bits per heavy atom. The van der Waals surface area contributed by atoms with Gasteiger partial charge in [-0.25, -0.2) is 0 Å². The van der Waals surface area contributed by atoms with Crippen LogP contribution in [0.4, 0.5) is 5.82 Å². The van der Waals surface area contributed by atoms with Gasteiger partial charge in [0.25, 0.3) is 0 Å². The van der Waals surface area contributed by atoms with Crippen LogP contribution in [-0.4, -0.2) is 29.2 Å². The van der Waals surface area contributed by atoms with Gasteiger partial charge in [-0.05, 0) is 43.5 Å². The van der Waals surface area contributed by atoms with E-state index in [0.717, 1.165) is 42.0 Å². The molecule has 1 aliphatic heterocycles. The van der Waals surface area contributed by atoms with Crippen molar-refractivity contribution in [2.45, 2.75) is 26.3 Å². The standard InChI is InChI=1S/C24H26N4O/c1-18-7-5-10-20(15-18)22-12-13-23(27-26-22)28-14-6-11-21(17-28)24(29)25-16-19-8-3-2-4-9-19/h2-5,7-10,12-13,15,21H,6,11,14,16-17H2,1H3,(H,25,29)/t21-/m1/s1. The van der Waals surface area contributed by atoms with Crippen LogP contribution in [0.2, 0.25) is 0 Å². The summed E-state index contributed by atoms with van der Waals surface area (Å²) in [5, 5.41) is 11.9. The van der Waals surface area contributed by atoms with Crippen molar-refractivity contribution in [3.63, 3.8) is 0 Å². The molecule has 1 N–H and O–H groups in total. The Hall–Kier alpha value is -3.21. The largest absolute Gasteiger partial charge is 0.354 e. The van der Waals surface area contributed by atoms with Crippen LogP contribution >= 0.6 is 0 Å². The highest BCUT2D eigenvalue weighted by atomic mass is 16.1. The Balaban J connectivity index is 1.38. The van der Waals surface area contributed by atoms with Crippen LogP contribution < -0.4 is 10.2 Å². The van der Waals surface area contributed by atoms with E-state index in [4.69, 9.17) is 0 Å². The van der Waals surface area contributed by atoms with Crippen LogP contribution in [0.15, 0.2) is 66.7 Å². The molecule has 0 aliphatic carbocycles. The van der Waals surface area contributed by atoms with Crippen molar-refractivity contribution < 1.29 is 4.79 Å². The molecule has 5 nitrogen and oxygen atoms in total. The maximum Gasteiger partial charge on any atom is 0.225 e. The normalized spacial score (nSPS) is 16.4. The predicted molar refractivity (Wildman–Crippen MR) is 115 cm³/mol. The average molecular weight is 386 g/mol. The fraction of sp³-hybridized carbons (Fsp3) is 0.292. The molecule has 1 saturated heterocycles. The molecule has 0 spiro atoms. The van der Waals surface area contributed by atoms with Gasteiger partial charge in [0, 0.05) is 25.2 Å². The number of carbonyl (C=O) groups is 1. The molecule has 0 bridgehead atoms. The second kappa shape index (κ2) is 8.86. The van der Waals surface area contributed by atoms with Gasteiger partial charge in [0.15, 0.2) is 5.82 Å². The molecule has 0 saturated carbocycles. The highest BCUT2D eigenvalue weighted by Crippen LogP contribution is 2.24. The summed E-state index contributed by atoms with van der Waals surface area (Å²) in [6.45, 7) is 4.23. The van der Waals surface area contributed by atoms with Gasteiger partial charge in [0.05, 0.1) is 11.6 Å². The highest BCUT2D eigenvalue weighted by molar-refractivity contribution is 5.79. The molecule has 148 valence electrons. The minimum absolute atomic E-state index is 0.0225. The molecule has 5 heteroatoms. The SMILES string of the molecule is Cc1cccc(-c2ccc(N3CCC[C@@H](C(=O)NCc4ccccc4)C3)nn2)c1. The van der Waals surface area contributed by atoms with E-state index in [1.807, 2.05) is 54.6 Å². The topological polar surface area (TPSA) is 58.1 Å². The van der Waals surface area contributed by atoms with Gasteiger partial charge in [-0.1, -0.05) is 54.1 Å². The first kappa shape index (κ1) is 19.1. The summed E-state index contributed by atoms with van der Waals surface area (Å²) in [5.41, 5.74) is 4.26. The number of piperidine rings is 1. The van der Waals surface area contributed by atoms with E-state index >= 15 is 0 Å². The highest BCUT2D eigenvalue weighted by Gasteiger charge is 2.26. The van der Waals surface area contributed by atoms with Crippen LogP contribution in [0.3, 0.4) is 0 Å². The number of amides is 1. The van der Waals surface area contributed by atoms with Crippen molar-refractivity contribution in [2.24, 2.45) is 5.92 Å². The zero-order valence-electron chi connectivity index (χ0n) is 16.7. The van der Waals surface area contributed by atoms with Crippen molar-refractivity contribution in [3.8, 4) is 11.3 Å². The number of nitrogens with one attached hydrogen (secondary N) is 1. The number of benzene rings is 2. The molecular formula is C24H26N4O. The number of nitrogens with zero attached hydrogens (tertiary/aromatic N) is 3. The Labute approximate surface area is 171 Å². The smallest absolute Gasteiger partial charge is 0.225 e. The predicted octanol–water partition coefficient (Wildman–Crippen LogP) is 3.98. The van der Waals surface area contributed by atoms with E-state index in [1.54, 1.807) is 0 Å². The number of aromatic nitrogens is 2. The van der Waals surface area contributed by atoms with Gasteiger partial charge in [0.1, 0.15) is 0 Å². The second-order valence-electron chi connectivity index (χ2n) is 7.63. The summed E-state index contributed by atoms with van der Waals surface area (Å²) in [4.78, 5) is 14.8. The first-order valence-electron chi connectivity index (χ1n) is 10.2. The van der Waals surface area contributed by atoms with E-state index in [-0.39, 0.29) is 11.8 Å². The summed E-state index contributed by atoms with van der Waals surface area (Å²) < 4.78 is 0. The fourth-order valence-electron chi connectivity index (χ4n) is 3.78. The molecule has 2 aromatic carbocycles. The Bertz CT molecular complexity index is 956. The molecule has 29 heavy (non-hydrogen) atoms. The van der Waals surface area contributed by atoms with E-state index in [9.17, 15) is 4.79 Å². The zero-order valence-corrected chi connectivity index (χ0v) is 16.7. The molecular weight excluding hydrogens is 360 g/mol. The van der Waals surface area contributed by atoms with E-state index in [0.29, 0.717) is 13.1 Å². The van der Waals surface area contributed by atoms with E-state index in [2.05, 4.69) is 39.5 Å². The fourth-order valence-corrected chi connectivity index (χ4v) is 3.78. The van der Waals surface area contributed by atoms with Crippen molar-refractivity contribution in [1.29, 1.82) is 0 Å². The quantitative estimate of drug-likeness (QED) is 0.720. The number of hydrogen-bond acceptors (Lipinski definition) is 4. The second-order valence-corrected chi connectivity index (χ2v) is 7.63. The molecule has 1 atom stereocenters. The number of anilines is 1. The van der Waals surface area contributed by atoms with E-state index in [1.165, 1.54) is 5.56 Å². The molecule has 3 aromatic rings. The third kappa shape index (κ3) is 4.80. The van der Waals surface area contributed by atoms with Gasteiger partial charge in [-0.15, -0.1) is 10.2 Å². The summed E-state index contributed by atoms with van der Waals surface area (Å²) in [7, 11) is 0. The minimum Gasteiger partial charge on any atom is -0.354 e. The third-order valence-electron chi connectivity index (χ3n) is 5.39. The first-order valence-corrected chi connectivity index (χ1v) is 10.2. The lowest BCUT2D eigenvalue weighted by Crippen LogP contribution is -2.43. The van der Waals surface area contributed by atoms with Crippen LogP contribution in [0.25, 0.3) is 11.3 Å². The van der Waals surface area contributed by atoms with Crippen molar-refractivity contribution in [2.75, 3.05) is 18.0 Å². The van der Waals surface area contributed by atoms with Gasteiger partial charge in [0.2, 0.25) is 5.91 Å². The van der Waals surface area contributed by atoms with Gasteiger partial charge >= 0.3 is 0 Å². The summed E-state index contributed by atoms with van der Waals surface area (Å²) in [6.07, 6.45) is 1.89. The zero-order chi connectivity index (χ0) is 20.1. The number of hydrogen-bond donors (Lipinski definition) is 1. The maximum atomic E-state index is 12.6. The van der Waals surface area contributed by atoms with Gasteiger partial charge < -0.3 is 10.2 Å². The number of rotatable bonds is 5. The van der Waals surface area contributed by atoms with Gasteiger partial charge in [-0.3, -0.25) is 4.79 Å². The third-order valence-corrected chi connectivity index (χ3v) is 5.39.